The first-order chi connectivity index (χ1) is 24.7. The molecule has 7 rings (SSSR count). The highest BCUT2D eigenvalue weighted by atomic mass is 19.1. The number of phenolic OH excluding ortho intramolecular Hbond substituents is 1. The van der Waals surface area contributed by atoms with Crippen molar-refractivity contribution >= 4 is 27.5 Å². The number of aromatic hydroxyl groups is 1. The van der Waals surface area contributed by atoms with Crippen molar-refractivity contribution in [1.29, 1.82) is 5.26 Å². The Bertz CT molecular complexity index is 2040. The number of pyridine rings is 1. The van der Waals surface area contributed by atoms with Crippen LogP contribution in [0.15, 0.2) is 24.3 Å². The molecule has 3 aliphatic rings. The van der Waals surface area contributed by atoms with Crippen LogP contribution in [0, 0.1) is 46.6 Å². The number of rotatable bonds is 10. The van der Waals surface area contributed by atoms with Gasteiger partial charge in [-0.1, -0.05) is 25.8 Å². The minimum absolute atomic E-state index is 0.0424. The van der Waals surface area contributed by atoms with Gasteiger partial charge in [0, 0.05) is 54.0 Å². The molecule has 10 nitrogen and oxygen atoms in total. The summed E-state index contributed by atoms with van der Waals surface area (Å²) in [7, 11) is 1.45. The van der Waals surface area contributed by atoms with Crippen LogP contribution in [0.2, 0.25) is 0 Å². The molecule has 4 heterocycles. The fraction of sp³-hybridized carbons (Fsp3) is 0.487. The van der Waals surface area contributed by atoms with E-state index in [4.69, 9.17) is 20.9 Å². The molecular weight excluding hydrogens is 652 g/mol. The van der Waals surface area contributed by atoms with Gasteiger partial charge in [0.25, 0.3) is 0 Å². The Kier molecular flexibility index (Phi) is 9.58. The number of benzene rings is 2. The number of nitrogens with zero attached hydrogens (tertiary/aromatic N) is 6. The van der Waals surface area contributed by atoms with Gasteiger partial charge in [-0.2, -0.15) is 15.2 Å². The summed E-state index contributed by atoms with van der Waals surface area (Å²) >= 11 is 0. The van der Waals surface area contributed by atoms with Gasteiger partial charge in [-0.25, -0.2) is 13.8 Å². The van der Waals surface area contributed by atoms with Gasteiger partial charge < -0.3 is 29.7 Å². The van der Waals surface area contributed by atoms with Crippen molar-refractivity contribution in [2.75, 3.05) is 51.3 Å². The molecule has 0 radical (unpaired) electrons. The zero-order valence-electron chi connectivity index (χ0n) is 29.3. The number of methoxy groups -OCH3 is 1. The summed E-state index contributed by atoms with van der Waals surface area (Å²) in [4.78, 5) is 18.8. The van der Waals surface area contributed by atoms with E-state index in [9.17, 15) is 10.4 Å². The molecule has 2 aromatic carbocycles. The Morgan fingerprint density at radius 3 is 2.41 bits per heavy atom. The van der Waals surface area contributed by atoms with E-state index in [0.717, 1.165) is 58.2 Å². The molecule has 1 saturated carbocycles. The molecule has 2 aromatic heterocycles. The zero-order chi connectivity index (χ0) is 35.9. The maximum absolute atomic E-state index is 17.2. The van der Waals surface area contributed by atoms with Crippen molar-refractivity contribution in [3.8, 4) is 47.3 Å². The third kappa shape index (κ3) is 6.71. The van der Waals surface area contributed by atoms with E-state index in [1.165, 1.54) is 31.4 Å². The van der Waals surface area contributed by atoms with Crippen molar-refractivity contribution in [3.05, 3.63) is 41.5 Å². The Labute approximate surface area is 296 Å². The standard InChI is InChI=1S/C39H43F2N7O3/c1-5-25-19-48(20-26(6-2)43-25)36-32-35(45-38(46-36)51-22-39(12-13-39)21-47-14-10-23(18-42)11-15-47)33(41)34(44-37(32)50-4)29-17-27(49)16-24-8-9-30(40)28(7-3)31(24)29/h3,8-9,16-17,23,25-26,43,49H,5-6,10-15,19-22H2,1-2,4H3. The largest absolute Gasteiger partial charge is 0.508 e. The number of phenols is 1. The number of nitrogens with one attached hydrogen (secondary N) is 1. The third-order valence-electron chi connectivity index (χ3n) is 10.8. The van der Waals surface area contributed by atoms with Crippen LogP contribution in [0.5, 0.6) is 17.6 Å². The van der Waals surface area contributed by atoms with Gasteiger partial charge in [0.2, 0.25) is 5.88 Å². The topological polar surface area (TPSA) is 120 Å². The van der Waals surface area contributed by atoms with Crippen LogP contribution in [0.4, 0.5) is 14.6 Å². The number of piperidine rings is 1. The highest BCUT2D eigenvalue weighted by molar-refractivity contribution is 6.04. The molecule has 51 heavy (non-hydrogen) atoms. The lowest BCUT2D eigenvalue weighted by Crippen LogP contribution is -2.56. The zero-order valence-corrected chi connectivity index (χ0v) is 29.3. The average Bonchev–Trinajstić information content (AvgIpc) is 3.93. The first kappa shape index (κ1) is 34.7. The van der Waals surface area contributed by atoms with Gasteiger partial charge in [-0.05, 0) is 75.2 Å². The molecule has 0 bridgehead atoms. The maximum atomic E-state index is 17.2. The average molecular weight is 696 g/mol. The van der Waals surface area contributed by atoms with Crippen molar-refractivity contribution in [1.82, 2.24) is 25.2 Å². The number of aromatic nitrogens is 3. The second kappa shape index (κ2) is 14.1. The number of ether oxygens (including phenoxy) is 2. The van der Waals surface area contributed by atoms with Crippen LogP contribution >= 0.6 is 0 Å². The third-order valence-corrected chi connectivity index (χ3v) is 10.8. The van der Waals surface area contributed by atoms with Crippen LogP contribution in [-0.2, 0) is 0 Å². The molecule has 4 aromatic rings. The number of likely N-dealkylation sites (tertiary alicyclic amines) is 1. The molecule has 12 heteroatoms. The van der Waals surface area contributed by atoms with Crippen LogP contribution in [0.25, 0.3) is 32.9 Å². The predicted molar refractivity (Wildman–Crippen MR) is 192 cm³/mol. The molecule has 1 aliphatic carbocycles. The molecule has 0 amide bonds. The molecule has 3 fully saturated rings. The number of hydrogen-bond acceptors (Lipinski definition) is 10. The molecule has 0 spiro atoms. The minimum Gasteiger partial charge on any atom is -0.508 e. The summed E-state index contributed by atoms with van der Waals surface area (Å²) in [5.74, 6) is 1.44. The maximum Gasteiger partial charge on any atom is 0.319 e. The second-order valence-electron chi connectivity index (χ2n) is 14.2. The lowest BCUT2D eigenvalue weighted by atomic mass is 9.95. The van der Waals surface area contributed by atoms with Gasteiger partial charge in [0.1, 0.15) is 34.0 Å². The number of anilines is 1. The van der Waals surface area contributed by atoms with Crippen molar-refractivity contribution < 1.29 is 23.4 Å². The second-order valence-corrected chi connectivity index (χ2v) is 14.2. The van der Waals surface area contributed by atoms with Crippen molar-refractivity contribution in [2.45, 2.75) is 64.5 Å². The van der Waals surface area contributed by atoms with E-state index in [2.05, 4.69) is 50.9 Å². The van der Waals surface area contributed by atoms with Crippen LogP contribution < -0.4 is 19.7 Å². The predicted octanol–water partition coefficient (Wildman–Crippen LogP) is 6.18. The Hall–Kier alpha value is -4.78. The smallest absolute Gasteiger partial charge is 0.319 e. The van der Waals surface area contributed by atoms with E-state index in [0.29, 0.717) is 36.3 Å². The molecule has 2 aliphatic heterocycles. The molecule has 266 valence electrons. The van der Waals surface area contributed by atoms with Crippen LogP contribution in [-0.4, -0.2) is 83.5 Å². The summed E-state index contributed by atoms with van der Waals surface area (Å²) < 4.78 is 44.4. The monoisotopic (exact) mass is 695 g/mol. The highest BCUT2D eigenvalue weighted by Gasteiger charge is 2.45. The minimum atomic E-state index is -0.797. The van der Waals surface area contributed by atoms with E-state index >= 15 is 8.78 Å². The van der Waals surface area contributed by atoms with Crippen molar-refractivity contribution in [3.63, 3.8) is 0 Å². The lowest BCUT2D eigenvalue weighted by Gasteiger charge is -2.39. The molecule has 2 atom stereocenters. The van der Waals surface area contributed by atoms with Gasteiger partial charge in [-0.3, -0.25) is 0 Å². The van der Waals surface area contributed by atoms with Gasteiger partial charge in [-0.15, -0.1) is 6.42 Å². The fourth-order valence-electron chi connectivity index (χ4n) is 7.62. The number of terminal acetylenes is 1. The van der Waals surface area contributed by atoms with E-state index < -0.39 is 11.6 Å². The summed E-state index contributed by atoms with van der Waals surface area (Å²) in [5.41, 5.74) is -0.290. The number of hydrogen-bond donors (Lipinski definition) is 2. The number of piperazine rings is 1. The van der Waals surface area contributed by atoms with Gasteiger partial charge in [0.15, 0.2) is 5.82 Å². The summed E-state index contributed by atoms with van der Waals surface area (Å²) in [6, 6.07) is 8.26. The first-order valence-corrected chi connectivity index (χ1v) is 17.8. The van der Waals surface area contributed by atoms with E-state index in [1.54, 1.807) is 0 Å². The van der Waals surface area contributed by atoms with Gasteiger partial charge >= 0.3 is 6.01 Å². The quantitative estimate of drug-likeness (QED) is 0.186. The summed E-state index contributed by atoms with van der Waals surface area (Å²) in [6.07, 6.45) is 11.2. The van der Waals surface area contributed by atoms with E-state index in [-0.39, 0.29) is 68.8 Å². The van der Waals surface area contributed by atoms with E-state index in [1.807, 2.05) is 0 Å². The number of fused-ring (bicyclic) bond motifs is 2. The van der Waals surface area contributed by atoms with Crippen LogP contribution in [0.1, 0.15) is 57.9 Å². The summed E-state index contributed by atoms with van der Waals surface area (Å²) in [6.45, 7) is 8.48. The first-order valence-electron chi connectivity index (χ1n) is 17.8. The highest BCUT2D eigenvalue weighted by Crippen LogP contribution is 2.47. The van der Waals surface area contributed by atoms with Crippen molar-refractivity contribution in [2.24, 2.45) is 11.3 Å². The summed E-state index contributed by atoms with van der Waals surface area (Å²) in [5, 5.41) is 24.7. The number of halogens is 2. The fourth-order valence-corrected chi connectivity index (χ4v) is 7.62. The number of nitriles is 1. The molecular formula is C39H43F2N7O3. The molecule has 2 saturated heterocycles. The molecule has 2 unspecified atom stereocenters. The lowest BCUT2D eigenvalue weighted by molar-refractivity contribution is 0.130. The SMILES string of the molecule is C#Cc1c(F)ccc2cc(O)cc(-c3nc(OC)c4c(N5CC(CC)NC(CC)C5)nc(OCC5(CN6CCC(C#N)CC6)CC5)nc4c3F)c12. The molecule has 2 N–H and O–H groups in total. The normalized spacial score (nSPS) is 20.6. The van der Waals surface area contributed by atoms with Crippen LogP contribution in [0.3, 0.4) is 0 Å². The Morgan fingerprint density at radius 2 is 1.78 bits per heavy atom. The van der Waals surface area contributed by atoms with Gasteiger partial charge in [0.05, 0.1) is 25.3 Å². The Balaban J connectivity index is 1.35. The Morgan fingerprint density at radius 1 is 1.06 bits per heavy atom.